The number of carbonyl (C=O) groups excluding carboxylic acids is 1. The second-order valence-electron chi connectivity index (χ2n) is 11.0. The first kappa shape index (κ1) is 38.4. The van der Waals surface area contributed by atoms with E-state index in [1.807, 2.05) is 16.8 Å². The predicted octanol–water partition coefficient (Wildman–Crippen LogP) is 3.73. The zero-order valence-electron chi connectivity index (χ0n) is 28.2. The van der Waals surface area contributed by atoms with E-state index in [-0.39, 0.29) is 11.8 Å². The molecule has 3 heterocycles. The number of nitrogens with two attached hydrogens (primary N) is 2. The third-order valence-electron chi connectivity index (χ3n) is 7.35. The first-order valence-electron chi connectivity index (χ1n) is 16.7. The van der Waals surface area contributed by atoms with E-state index in [2.05, 4.69) is 25.0 Å². The maximum Gasteiger partial charge on any atom is 0.292 e. The second kappa shape index (κ2) is 22.3. The van der Waals surface area contributed by atoms with Crippen LogP contribution >= 0.6 is 0 Å². The molecule has 0 radical (unpaired) electrons. The minimum atomic E-state index is 0.101. The van der Waals surface area contributed by atoms with E-state index in [9.17, 15) is 4.79 Å². The molecule has 4 N–H and O–H groups in total. The smallest absolute Gasteiger partial charge is 0.292 e. The number of rotatable bonds is 28. The molecule has 0 fully saturated rings. The SMILES string of the molecule is [N-]=[N+]=NCCOCCOCCOCCOCCOCCOCCC(=O)CCCCCn1nc(-c2ccc3oc(N)nc3c2)c2c(N)ncnc21. The molecule has 0 aliphatic rings. The van der Waals surface area contributed by atoms with Crippen molar-refractivity contribution in [3.05, 3.63) is 35.0 Å². The summed E-state index contributed by atoms with van der Waals surface area (Å²) < 4.78 is 39.7. The highest BCUT2D eigenvalue weighted by atomic mass is 16.6. The number of hydrogen-bond acceptors (Lipinski definition) is 15. The number of carbonyl (C=O) groups is 1. The molecule has 4 rings (SSSR count). The first-order valence-corrected chi connectivity index (χ1v) is 16.7. The fourth-order valence-electron chi connectivity index (χ4n) is 4.90. The number of aryl methyl sites for hydroxylation is 1. The van der Waals surface area contributed by atoms with Crippen molar-refractivity contribution >= 4 is 39.7 Å². The molecule has 0 bridgehead atoms. The lowest BCUT2D eigenvalue weighted by atomic mass is 10.1. The van der Waals surface area contributed by atoms with Crippen LogP contribution in [-0.2, 0) is 39.8 Å². The minimum absolute atomic E-state index is 0.101. The standard InChI is InChI=1S/C32H46N10O8/c33-30-28-29(24-5-6-27-26(22-24)39-32(34)50-27)40-42(31(28)37-23-36-30)9-3-1-2-4-25(43)7-10-44-12-14-46-16-18-48-20-21-49-19-17-47-15-13-45-11-8-38-41-35/h5-6,22-23H,1-4,7-21H2,(H2,34,39)(H2,33,36,37). The van der Waals surface area contributed by atoms with Crippen LogP contribution in [0.1, 0.15) is 32.1 Å². The lowest BCUT2D eigenvalue weighted by molar-refractivity contribution is -0.120. The Hall–Kier alpha value is -4.42. The fourth-order valence-corrected chi connectivity index (χ4v) is 4.90. The molecule has 3 aromatic heterocycles. The zero-order valence-corrected chi connectivity index (χ0v) is 28.2. The van der Waals surface area contributed by atoms with Crippen LogP contribution in [0.4, 0.5) is 11.8 Å². The van der Waals surface area contributed by atoms with Gasteiger partial charge in [-0.2, -0.15) is 10.1 Å². The molecule has 0 spiro atoms. The summed E-state index contributed by atoms with van der Waals surface area (Å²) >= 11 is 0. The van der Waals surface area contributed by atoms with Gasteiger partial charge in [0.05, 0.1) is 84.7 Å². The number of fused-ring (bicyclic) bond motifs is 2. The highest BCUT2D eigenvalue weighted by Gasteiger charge is 2.18. The van der Waals surface area contributed by atoms with Crippen LogP contribution in [0, 0.1) is 0 Å². The number of ketones is 1. The number of Topliss-reactive ketones (excluding diaryl/α,β-unsaturated/α-hetero) is 1. The number of nitrogen functional groups attached to an aromatic ring is 2. The Morgan fingerprint density at radius 3 is 2.12 bits per heavy atom. The largest absolute Gasteiger partial charge is 0.424 e. The molecule has 0 atom stereocenters. The van der Waals surface area contributed by atoms with Gasteiger partial charge in [-0.3, -0.25) is 4.79 Å². The van der Waals surface area contributed by atoms with Crippen LogP contribution in [0.3, 0.4) is 0 Å². The summed E-state index contributed by atoms with van der Waals surface area (Å²) in [6.45, 7) is 6.24. The quantitative estimate of drug-likeness (QED) is 0.0372. The van der Waals surface area contributed by atoms with E-state index in [1.54, 1.807) is 6.07 Å². The molecule has 0 saturated carbocycles. The molecular weight excluding hydrogens is 652 g/mol. The monoisotopic (exact) mass is 698 g/mol. The number of nitrogens with zero attached hydrogens (tertiary/aromatic N) is 8. The molecule has 1 aromatic carbocycles. The average Bonchev–Trinajstić information content (AvgIpc) is 3.68. The van der Waals surface area contributed by atoms with Gasteiger partial charge >= 0.3 is 0 Å². The Labute approximate surface area is 289 Å². The van der Waals surface area contributed by atoms with Crippen LogP contribution in [0.2, 0.25) is 0 Å². The predicted molar refractivity (Wildman–Crippen MR) is 184 cm³/mol. The van der Waals surface area contributed by atoms with E-state index >= 15 is 0 Å². The lowest BCUT2D eigenvalue weighted by Crippen LogP contribution is -2.14. The molecule has 4 aromatic rings. The molecule has 0 amide bonds. The highest BCUT2D eigenvalue weighted by Crippen LogP contribution is 2.32. The van der Waals surface area contributed by atoms with Crippen molar-refractivity contribution < 1.29 is 37.6 Å². The van der Waals surface area contributed by atoms with Gasteiger partial charge in [0.1, 0.15) is 29.1 Å². The van der Waals surface area contributed by atoms with Crippen molar-refractivity contribution in [2.45, 2.75) is 38.6 Å². The Kier molecular flexibility index (Phi) is 17.1. The van der Waals surface area contributed by atoms with Gasteiger partial charge in [0.25, 0.3) is 6.01 Å². The Balaban J connectivity index is 0.969. The number of anilines is 2. The molecule has 0 unspecified atom stereocenters. The minimum Gasteiger partial charge on any atom is -0.424 e. The third-order valence-corrected chi connectivity index (χ3v) is 7.35. The first-order chi connectivity index (χ1) is 24.6. The van der Waals surface area contributed by atoms with E-state index in [1.165, 1.54) is 6.33 Å². The zero-order chi connectivity index (χ0) is 35.2. The Bertz CT molecular complexity index is 1640. The number of azide groups is 1. The van der Waals surface area contributed by atoms with E-state index in [4.69, 9.17) is 54.9 Å². The number of oxazole rings is 1. The van der Waals surface area contributed by atoms with Crippen molar-refractivity contribution in [1.29, 1.82) is 0 Å². The molecule has 272 valence electrons. The molecule has 0 saturated heterocycles. The maximum absolute atomic E-state index is 12.3. The van der Waals surface area contributed by atoms with Crippen molar-refractivity contribution in [2.75, 3.05) is 97.3 Å². The number of unbranched alkanes of at least 4 members (excludes halogenated alkanes) is 2. The van der Waals surface area contributed by atoms with Gasteiger partial charge in [0, 0.05) is 36.4 Å². The molecule has 18 heteroatoms. The maximum atomic E-state index is 12.3. The Morgan fingerprint density at radius 1 is 0.820 bits per heavy atom. The second-order valence-corrected chi connectivity index (χ2v) is 11.0. The third kappa shape index (κ3) is 13.1. The lowest BCUT2D eigenvalue weighted by Gasteiger charge is -2.08. The number of benzene rings is 1. The van der Waals surface area contributed by atoms with Gasteiger partial charge in [0.15, 0.2) is 11.2 Å². The van der Waals surface area contributed by atoms with Gasteiger partial charge < -0.3 is 44.3 Å². The van der Waals surface area contributed by atoms with Crippen molar-refractivity contribution in [1.82, 2.24) is 24.7 Å². The van der Waals surface area contributed by atoms with Gasteiger partial charge in [-0.05, 0) is 36.6 Å². The number of hydrogen-bond donors (Lipinski definition) is 2. The van der Waals surface area contributed by atoms with E-state index in [0.29, 0.717) is 139 Å². The topological polar surface area (TPSA) is 243 Å². The highest BCUT2D eigenvalue weighted by molar-refractivity contribution is 5.99. The van der Waals surface area contributed by atoms with Crippen LogP contribution < -0.4 is 11.5 Å². The van der Waals surface area contributed by atoms with Crippen LogP contribution in [-0.4, -0.2) is 116 Å². The molecule has 0 aliphatic carbocycles. The molecule has 0 aliphatic heterocycles. The van der Waals surface area contributed by atoms with Crippen LogP contribution in [0.5, 0.6) is 0 Å². The Morgan fingerprint density at radius 2 is 1.46 bits per heavy atom. The van der Waals surface area contributed by atoms with Crippen molar-refractivity contribution in [3.8, 4) is 11.3 Å². The number of aromatic nitrogens is 5. The molecule has 50 heavy (non-hydrogen) atoms. The normalized spacial score (nSPS) is 11.4. The summed E-state index contributed by atoms with van der Waals surface area (Å²) in [5.74, 6) is 0.527. The summed E-state index contributed by atoms with van der Waals surface area (Å²) in [5, 5.41) is 8.86. The molecular formula is C32H46N10O8. The molecule has 18 nitrogen and oxygen atoms in total. The summed E-state index contributed by atoms with van der Waals surface area (Å²) in [6.07, 6.45) is 4.79. The fraction of sp³-hybridized carbons (Fsp3) is 0.594. The van der Waals surface area contributed by atoms with Gasteiger partial charge in [-0.15, -0.1) is 0 Å². The van der Waals surface area contributed by atoms with Gasteiger partial charge in [0.2, 0.25) is 0 Å². The summed E-state index contributed by atoms with van der Waals surface area (Å²) in [4.78, 5) is 27.8. The summed E-state index contributed by atoms with van der Waals surface area (Å²) in [6, 6.07) is 5.63. The summed E-state index contributed by atoms with van der Waals surface area (Å²) in [5.41, 5.74) is 23.4. The van der Waals surface area contributed by atoms with Crippen molar-refractivity contribution in [2.24, 2.45) is 5.11 Å². The van der Waals surface area contributed by atoms with Gasteiger partial charge in [-0.25, -0.2) is 14.6 Å². The van der Waals surface area contributed by atoms with Crippen LogP contribution in [0.15, 0.2) is 34.1 Å². The van der Waals surface area contributed by atoms with E-state index < -0.39 is 0 Å². The summed E-state index contributed by atoms with van der Waals surface area (Å²) in [7, 11) is 0. The van der Waals surface area contributed by atoms with Crippen LogP contribution in [0.25, 0.3) is 43.8 Å². The van der Waals surface area contributed by atoms with Gasteiger partial charge in [-0.1, -0.05) is 11.5 Å². The average molecular weight is 699 g/mol. The number of ether oxygens (including phenoxy) is 6. The van der Waals surface area contributed by atoms with Crippen molar-refractivity contribution in [3.63, 3.8) is 0 Å². The van der Waals surface area contributed by atoms with E-state index in [0.717, 1.165) is 24.8 Å².